The molecule has 0 aliphatic rings. The van der Waals surface area contributed by atoms with Gasteiger partial charge in [0.05, 0.1) is 0 Å². The highest BCUT2D eigenvalue weighted by atomic mass is 16.1. The topological polar surface area (TPSA) is 66.9 Å². The molecule has 0 radical (unpaired) electrons. The van der Waals surface area contributed by atoms with Crippen LogP contribution < -0.4 is 10.6 Å². The zero-order valence-electron chi connectivity index (χ0n) is 15.9. The van der Waals surface area contributed by atoms with Crippen LogP contribution in [0.15, 0.2) is 54.6 Å². The molecule has 2 aromatic carbocycles. The minimum atomic E-state index is -0.215. The lowest BCUT2D eigenvalue weighted by atomic mass is 10.1. The Hall–Kier alpha value is -3.21. The molecule has 5 heteroatoms. The van der Waals surface area contributed by atoms with Crippen molar-refractivity contribution in [2.45, 2.75) is 33.7 Å². The molecule has 3 aromatic rings. The van der Waals surface area contributed by atoms with Crippen LogP contribution in [0.3, 0.4) is 0 Å². The Kier molecular flexibility index (Phi) is 5.81. The third-order valence-electron chi connectivity index (χ3n) is 4.31. The number of hydrogen-bond donors (Lipinski definition) is 2. The van der Waals surface area contributed by atoms with E-state index < -0.39 is 0 Å². The minimum Gasteiger partial charge on any atom is -0.347 e. The third-order valence-corrected chi connectivity index (χ3v) is 4.31. The van der Waals surface area contributed by atoms with Gasteiger partial charge in [-0.1, -0.05) is 55.0 Å². The van der Waals surface area contributed by atoms with E-state index in [1.54, 1.807) is 6.07 Å². The van der Waals surface area contributed by atoms with Crippen LogP contribution in [0, 0.1) is 13.8 Å². The van der Waals surface area contributed by atoms with Gasteiger partial charge in [0.15, 0.2) is 0 Å². The Balaban J connectivity index is 1.74. The maximum Gasteiger partial charge on any atom is 0.270 e. The van der Waals surface area contributed by atoms with Gasteiger partial charge in [0, 0.05) is 17.9 Å². The monoisotopic (exact) mass is 360 g/mol. The normalized spacial score (nSPS) is 10.5. The van der Waals surface area contributed by atoms with E-state index in [9.17, 15) is 4.79 Å². The van der Waals surface area contributed by atoms with Crippen molar-refractivity contribution >= 4 is 17.5 Å². The number of anilines is 2. The van der Waals surface area contributed by atoms with Crippen LogP contribution in [-0.4, -0.2) is 15.9 Å². The van der Waals surface area contributed by atoms with E-state index in [4.69, 9.17) is 0 Å². The number of nitrogens with zero attached hydrogens (tertiary/aromatic N) is 2. The Morgan fingerprint density at radius 3 is 2.48 bits per heavy atom. The predicted molar refractivity (Wildman–Crippen MR) is 108 cm³/mol. The molecule has 0 bridgehead atoms. The molecule has 0 saturated heterocycles. The molecular formula is C22H24N4O. The van der Waals surface area contributed by atoms with Crippen molar-refractivity contribution in [3.8, 4) is 0 Å². The lowest BCUT2D eigenvalue weighted by molar-refractivity contribution is 0.0945. The van der Waals surface area contributed by atoms with Crippen LogP contribution >= 0.6 is 0 Å². The molecule has 1 aromatic heterocycles. The molecule has 1 amide bonds. The summed E-state index contributed by atoms with van der Waals surface area (Å²) in [6, 6.07) is 17.8. The van der Waals surface area contributed by atoms with Crippen molar-refractivity contribution in [3.63, 3.8) is 0 Å². The second-order valence-electron chi connectivity index (χ2n) is 6.52. The molecule has 0 aliphatic carbocycles. The maximum atomic E-state index is 12.5. The van der Waals surface area contributed by atoms with Crippen molar-refractivity contribution in [3.05, 3.63) is 82.7 Å². The molecule has 0 spiro atoms. The highest BCUT2D eigenvalue weighted by Gasteiger charge is 2.11. The number of aryl methyl sites for hydroxylation is 3. The van der Waals surface area contributed by atoms with Gasteiger partial charge in [-0.25, -0.2) is 9.97 Å². The molecule has 1 heterocycles. The zero-order chi connectivity index (χ0) is 19.2. The van der Waals surface area contributed by atoms with E-state index in [2.05, 4.69) is 33.6 Å². The number of amides is 1. The molecule has 0 atom stereocenters. The van der Waals surface area contributed by atoms with E-state index in [0.717, 1.165) is 23.4 Å². The van der Waals surface area contributed by atoms with Crippen LogP contribution in [0.4, 0.5) is 11.6 Å². The summed E-state index contributed by atoms with van der Waals surface area (Å²) in [5.41, 5.74) is 5.46. The van der Waals surface area contributed by atoms with Crippen molar-refractivity contribution < 1.29 is 4.79 Å². The van der Waals surface area contributed by atoms with Crippen LogP contribution in [0.25, 0.3) is 0 Å². The summed E-state index contributed by atoms with van der Waals surface area (Å²) in [7, 11) is 0. The average molecular weight is 360 g/mol. The fraction of sp³-hybridized carbons (Fsp3) is 0.227. The first-order valence-electron chi connectivity index (χ1n) is 9.09. The highest BCUT2D eigenvalue weighted by molar-refractivity contribution is 5.92. The van der Waals surface area contributed by atoms with Gasteiger partial charge >= 0.3 is 0 Å². The third kappa shape index (κ3) is 4.91. The average Bonchev–Trinajstić information content (AvgIpc) is 2.67. The molecule has 0 unspecified atom stereocenters. The number of rotatable bonds is 6. The SMILES string of the molecule is CCc1ccccc1Nc1nc(C)cc(C(=O)NCc2ccc(C)cc2)n1. The summed E-state index contributed by atoms with van der Waals surface area (Å²) < 4.78 is 0. The first-order chi connectivity index (χ1) is 13.0. The van der Waals surface area contributed by atoms with Crippen LogP contribution in [-0.2, 0) is 13.0 Å². The van der Waals surface area contributed by atoms with Gasteiger partial charge in [0.25, 0.3) is 5.91 Å². The van der Waals surface area contributed by atoms with Crippen molar-refractivity contribution in [1.29, 1.82) is 0 Å². The molecular weight excluding hydrogens is 336 g/mol. The lowest BCUT2D eigenvalue weighted by Gasteiger charge is -2.11. The molecule has 0 fully saturated rings. The fourth-order valence-corrected chi connectivity index (χ4v) is 2.79. The van der Waals surface area contributed by atoms with E-state index in [1.807, 2.05) is 56.3 Å². The van der Waals surface area contributed by atoms with Crippen LogP contribution in [0.2, 0.25) is 0 Å². The first-order valence-corrected chi connectivity index (χ1v) is 9.09. The largest absolute Gasteiger partial charge is 0.347 e. The second-order valence-corrected chi connectivity index (χ2v) is 6.52. The van der Waals surface area contributed by atoms with E-state index >= 15 is 0 Å². The molecule has 3 rings (SSSR count). The standard InChI is InChI=1S/C22H24N4O/c1-4-18-7-5-6-8-19(18)25-22-24-16(3)13-20(26-22)21(27)23-14-17-11-9-15(2)10-12-17/h5-13H,4,14H2,1-3H3,(H,23,27)(H,24,25,26). The Bertz CT molecular complexity index is 935. The molecule has 0 aliphatic heterocycles. The molecule has 27 heavy (non-hydrogen) atoms. The predicted octanol–water partition coefficient (Wildman–Crippen LogP) is 4.33. The summed E-state index contributed by atoms with van der Waals surface area (Å²) in [5, 5.41) is 6.16. The Morgan fingerprint density at radius 1 is 1.00 bits per heavy atom. The number of para-hydroxylation sites is 1. The lowest BCUT2D eigenvalue weighted by Crippen LogP contribution is -2.24. The van der Waals surface area contributed by atoms with Crippen molar-refractivity contribution in [1.82, 2.24) is 15.3 Å². The number of benzene rings is 2. The summed E-state index contributed by atoms with van der Waals surface area (Å²) in [5.74, 6) is 0.212. The number of hydrogen-bond acceptors (Lipinski definition) is 4. The van der Waals surface area contributed by atoms with Gasteiger partial charge in [0.2, 0.25) is 5.95 Å². The molecule has 138 valence electrons. The van der Waals surface area contributed by atoms with Gasteiger partial charge in [0.1, 0.15) is 5.69 Å². The minimum absolute atomic E-state index is 0.215. The van der Waals surface area contributed by atoms with Gasteiger partial charge in [-0.15, -0.1) is 0 Å². The number of carbonyl (C=O) groups is 1. The molecule has 0 saturated carbocycles. The second kappa shape index (κ2) is 8.45. The van der Waals surface area contributed by atoms with Gasteiger partial charge in [-0.3, -0.25) is 4.79 Å². The smallest absolute Gasteiger partial charge is 0.270 e. The summed E-state index contributed by atoms with van der Waals surface area (Å²) in [6.07, 6.45) is 0.902. The summed E-state index contributed by atoms with van der Waals surface area (Å²) >= 11 is 0. The van der Waals surface area contributed by atoms with Gasteiger partial charge in [-0.2, -0.15) is 0 Å². The fourth-order valence-electron chi connectivity index (χ4n) is 2.79. The Morgan fingerprint density at radius 2 is 1.74 bits per heavy atom. The van der Waals surface area contributed by atoms with Crippen LogP contribution in [0.1, 0.15) is 39.8 Å². The van der Waals surface area contributed by atoms with E-state index in [0.29, 0.717) is 18.2 Å². The quantitative estimate of drug-likeness (QED) is 0.687. The van der Waals surface area contributed by atoms with E-state index in [1.165, 1.54) is 11.1 Å². The van der Waals surface area contributed by atoms with Crippen molar-refractivity contribution in [2.75, 3.05) is 5.32 Å². The highest BCUT2D eigenvalue weighted by Crippen LogP contribution is 2.19. The summed E-state index contributed by atoms with van der Waals surface area (Å²) in [6.45, 7) is 6.46. The summed E-state index contributed by atoms with van der Waals surface area (Å²) in [4.78, 5) is 21.3. The molecule has 2 N–H and O–H groups in total. The first kappa shape index (κ1) is 18.6. The zero-order valence-corrected chi connectivity index (χ0v) is 15.9. The van der Waals surface area contributed by atoms with E-state index in [-0.39, 0.29) is 5.91 Å². The number of carbonyl (C=O) groups excluding carboxylic acids is 1. The van der Waals surface area contributed by atoms with Gasteiger partial charge in [-0.05, 0) is 43.5 Å². The van der Waals surface area contributed by atoms with Gasteiger partial charge < -0.3 is 10.6 Å². The van der Waals surface area contributed by atoms with Crippen molar-refractivity contribution in [2.24, 2.45) is 0 Å². The maximum absolute atomic E-state index is 12.5. The van der Waals surface area contributed by atoms with Crippen LogP contribution in [0.5, 0.6) is 0 Å². The number of aromatic nitrogens is 2. The Labute approximate surface area is 159 Å². The number of nitrogens with one attached hydrogen (secondary N) is 2. The molecule has 5 nitrogen and oxygen atoms in total.